The van der Waals surface area contributed by atoms with Crippen molar-refractivity contribution in [3.8, 4) is 0 Å². The highest BCUT2D eigenvalue weighted by Crippen LogP contribution is 2.24. The average molecular weight is 282 g/mol. The summed E-state index contributed by atoms with van der Waals surface area (Å²) >= 11 is 1.52. The number of aromatic nitrogens is 1. The number of hydrogen-bond donors (Lipinski definition) is 1. The molecular weight excluding hydrogens is 266 g/mol. The lowest BCUT2D eigenvalue weighted by atomic mass is 10.0. The van der Waals surface area contributed by atoms with E-state index in [2.05, 4.69) is 10.3 Å². The van der Waals surface area contributed by atoms with Crippen LogP contribution in [0.3, 0.4) is 0 Å². The van der Waals surface area contributed by atoms with Gasteiger partial charge in [-0.15, -0.1) is 11.3 Å². The Morgan fingerprint density at radius 1 is 1.37 bits per heavy atom. The van der Waals surface area contributed by atoms with Gasteiger partial charge < -0.3 is 5.32 Å². The normalized spacial score (nSPS) is 12.6. The van der Waals surface area contributed by atoms with Gasteiger partial charge in [0.15, 0.2) is 11.6 Å². The van der Waals surface area contributed by atoms with Crippen LogP contribution in [-0.2, 0) is 6.42 Å². The molecule has 0 aliphatic carbocycles. The third kappa shape index (κ3) is 3.58. The van der Waals surface area contributed by atoms with Crippen LogP contribution in [-0.4, -0.2) is 11.5 Å². The van der Waals surface area contributed by atoms with Gasteiger partial charge in [0.2, 0.25) is 0 Å². The summed E-state index contributed by atoms with van der Waals surface area (Å²) in [6.45, 7) is 2.80. The molecule has 102 valence electrons. The summed E-state index contributed by atoms with van der Waals surface area (Å²) in [5, 5.41) is 3.26. The largest absolute Gasteiger partial charge is 0.310 e. The Morgan fingerprint density at radius 3 is 2.89 bits per heavy atom. The fourth-order valence-corrected chi connectivity index (χ4v) is 2.59. The molecule has 0 spiro atoms. The lowest BCUT2D eigenvalue weighted by Gasteiger charge is -2.19. The van der Waals surface area contributed by atoms with Gasteiger partial charge in [-0.1, -0.05) is 19.1 Å². The fourth-order valence-electron chi connectivity index (χ4n) is 1.94. The standard InChI is InChI=1S/C14H16F2N2S/c1-2-6-18-13(7-10-8-17-9-19-10)11-4-3-5-12(15)14(11)16/h3-5,8-9,13,18H,2,6-7H2,1H3. The van der Waals surface area contributed by atoms with Crippen molar-refractivity contribution >= 4 is 11.3 Å². The number of nitrogens with one attached hydrogen (secondary N) is 1. The lowest BCUT2D eigenvalue weighted by Crippen LogP contribution is -2.25. The summed E-state index contributed by atoms with van der Waals surface area (Å²) < 4.78 is 27.2. The monoisotopic (exact) mass is 282 g/mol. The van der Waals surface area contributed by atoms with Crippen LogP contribution in [0.25, 0.3) is 0 Å². The second kappa shape index (κ2) is 6.73. The van der Waals surface area contributed by atoms with Crippen molar-refractivity contribution in [2.45, 2.75) is 25.8 Å². The van der Waals surface area contributed by atoms with Crippen LogP contribution < -0.4 is 5.32 Å². The minimum absolute atomic E-state index is 0.226. The Labute approximate surface area is 115 Å². The first-order chi connectivity index (χ1) is 9.22. The molecule has 0 radical (unpaired) electrons. The molecule has 2 aromatic rings. The van der Waals surface area contributed by atoms with Gasteiger partial charge in [-0.05, 0) is 19.0 Å². The summed E-state index contributed by atoms with van der Waals surface area (Å²) in [4.78, 5) is 5.07. The Morgan fingerprint density at radius 2 is 2.21 bits per heavy atom. The molecule has 0 bridgehead atoms. The molecule has 0 fully saturated rings. The highest BCUT2D eigenvalue weighted by Gasteiger charge is 2.18. The van der Waals surface area contributed by atoms with E-state index >= 15 is 0 Å². The highest BCUT2D eigenvalue weighted by atomic mass is 32.1. The van der Waals surface area contributed by atoms with Gasteiger partial charge in [-0.2, -0.15) is 0 Å². The smallest absolute Gasteiger partial charge is 0.163 e. The number of hydrogen-bond acceptors (Lipinski definition) is 3. The van der Waals surface area contributed by atoms with Crippen LogP contribution >= 0.6 is 11.3 Å². The van der Waals surface area contributed by atoms with Crippen molar-refractivity contribution in [2.24, 2.45) is 0 Å². The molecule has 1 unspecified atom stereocenters. The summed E-state index contributed by atoms with van der Waals surface area (Å²) in [5.74, 6) is -1.56. The molecular formula is C14H16F2N2S. The average Bonchev–Trinajstić information content (AvgIpc) is 2.91. The van der Waals surface area contributed by atoms with Crippen molar-refractivity contribution in [1.29, 1.82) is 0 Å². The third-order valence-corrected chi connectivity index (χ3v) is 3.69. The van der Waals surface area contributed by atoms with E-state index in [1.807, 2.05) is 6.92 Å². The predicted molar refractivity (Wildman–Crippen MR) is 73.2 cm³/mol. The molecule has 19 heavy (non-hydrogen) atoms. The van der Waals surface area contributed by atoms with Gasteiger partial charge >= 0.3 is 0 Å². The second-order valence-corrected chi connectivity index (χ2v) is 5.29. The Bertz CT molecular complexity index is 514. The number of nitrogens with zero attached hydrogens (tertiary/aromatic N) is 1. The molecule has 1 aromatic heterocycles. The van der Waals surface area contributed by atoms with E-state index in [0.717, 1.165) is 23.9 Å². The minimum atomic E-state index is -0.801. The zero-order valence-corrected chi connectivity index (χ0v) is 11.5. The second-order valence-electron chi connectivity index (χ2n) is 4.32. The maximum absolute atomic E-state index is 13.9. The summed E-state index contributed by atoms with van der Waals surface area (Å²) in [5.41, 5.74) is 2.12. The van der Waals surface area contributed by atoms with Gasteiger partial charge in [-0.3, -0.25) is 4.98 Å². The zero-order valence-electron chi connectivity index (χ0n) is 10.7. The molecule has 1 heterocycles. The summed E-state index contributed by atoms with van der Waals surface area (Å²) in [6.07, 6.45) is 3.32. The van der Waals surface area contributed by atoms with Crippen molar-refractivity contribution in [1.82, 2.24) is 10.3 Å². The molecule has 1 aromatic carbocycles. The van der Waals surface area contributed by atoms with Gasteiger partial charge in [0.05, 0.1) is 5.51 Å². The van der Waals surface area contributed by atoms with Crippen molar-refractivity contribution in [3.63, 3.8) is 0 Å². The molecule has 0 aliphatic rings. The van der Waals surface area contributed by atoms with Crippen LogP contribution in [0.5, 0.6) is 0 Å². The Kier molecular flexibility index (Phi) is 4.99. The Balaban J connectivity index is 2.23. The molecule has 0 amide bonds. The van der Waals surface area contributed by atoms with Crippen LogP contribution in [0.15, 0.2) is 29.9 Å². The number of halogens is 2. The van der Waals surface area contributed by atoms with Gasteiger partial charge in [0, 0.05) is 29.1 Å². The first-order valence-corrected chi connectivity index (χ1v) is 7.15. The predicted octanol–water partition coefficient (Wildman–Crippen LogP) is 3.70. The topological polar surface area (TPSA) is 24.9 Å². The van der Waals surface area contributed by atoms with E-state index in [0.29, 0.717) is 12.0 Å². The van der Waals surface area contributed by atoms with Gasteiger partial charge in [-0.25, -0.2) is 8.78 Å². The minimum Gasteiger partial charge on any atom is -0.310 e. The molecule has 1 atom stereocenters. The van der Waals surface area contributed by atoms with Gasteiger partial charge in [0.25, 0.3) is 0 Å². The van der Waals surface area contributed by atoms with Crippen molar-refractivity contribution in [2.75, 3.05) is 6.54 Å². The molecule has 5 heteroatoms. The van der Waals surface area contributed by atoms with Crippen LogP contribution in [0.4, 0.5) is 8.78 Å². The highest BCUT2D eigenvalue weighted by molar-refractivity contribution is 7.09. The van der Waals surface area contributed by atoms with E-state index in [4.69, 9.17) is 0 Å². The quantitative estimate of drug-likeness (QED) is 0.873. The van der Waals surface area contributed by atoms with Crippen LogP contribution in [0, 0.1) is 11.6 Å². The first-order valence-electron chi connectivity index (χ1n) is 6.27. The zero-order chi connectivity index (χ0) is 13.7. The third-order valence-electron chi connectivity index (χ3n) is 2.89. The number of benzene rings is 1. The summed E-state index contributed by atoms with van der Waals surface area (Å²) in [6, 6.07) is 4.09. The van der Waals surface area contributed by atoms with Gasteiger partial charge in [0.1, 0.15) is 0 Å². The van der Waals surface area contributed by atoms with E-state index in [1.54, 1.807) is 23.8 Å². The molecule has 1 N–H and O–H groups in total. The van der Waals surface area contributed by atoms with Crippen molar-refractivity contribution in [3.05, 3.63) is 52.0 Å². The van der Waals surface area contributed by atoms with E-state index < -0.39 is 11.6 Å². The molecule has 0 aliphatic heterocycles. The Hall–Kier alpha value is -1.33. The summed E-state index contributed by atoms with van der Waals surface area (Å²) in [7, 11) is 0. The molecule has 0 saturated heterocycles. The van der Waals surface area contributed by atoms with Crippen molar-refractivity contribution < 1.29 is 8.78 Å². The van der Waals surface area contributed by atoms with E-state index in [9.17, 15) is 8.78 Å². The number of thiazole rings is 1. The molecule has 2 rings (SSSR count). The fraction of sp³-hybridized carbons (Fsp3) is 0.357. The molecule has 0 saturated carbocycles. The first kappa shape index (κ1) is 14.1. The lowest BCUT2D eigenvalue weighted by molar-refractivity contribution is 0.460. The molecule has 2 nitrogen and oxygen atoms in total. The number of rotatable bonds is 6. The van der Waals surface area contributed by atoms with Crippen LogP contribution in [0.2, 0.25) is 0 Å². The van der Waals surface area contributed by atoms with E-state index in [-0.39, 0.29) is 6.04 Å². The van der Waals surface area contributed by atoms with E-state index in [1.165, 1.54) is 11.3 Å². The maximum atomic E-state index is 13.9. The van der Waals surface area contributed by atoms with Crippen LogP contribution in [0.1, 0.15) is 29.8 Å². The maximum Gasteiger partial charge on any atom is 0.163 e. The SMILES string of the molecule is CCCNC(Cc1cncs1)c1cccc(F)c1F.